The molecule has 0 fully saturated rings. The van der Waals surface area contributed by atoms with E-state index < -0.39 is 0 Å². The second kappa shape index (κ2) is 8.09. The molecular formula is C21H19BrN2O3S. The molecule has 2 aliphatic rings. The summed E-state index contributed by atoms with van der Waals surface area (Å²) in [5.74, 6) is 0.460. The molecule has 2 heterocycles. The van der Waals surface area contributed by atoms with Crippen LogP contribution in [0.15, 0.2) is 51.8 Å². The molecule has 2 aromatic rings. The van der Waals surface area contributed by atoms with Crippen molar-refractivity contribution in [1.82, 2.24) is 4.90 Å². The van der Waals surface area contributed by atoms with Gasteiger partial charge in [-0.2, -0.15) is 0 Å². The Morgan fingerprint density at radius 2 is 1.86 bits per heavy atom. The lowest BCUT2D eigenvalue weighted by Crippen LogP contribution is -2.34. The first-order valence-electron chi connectivity index (χ1n) is 9.24. The predicted molar refractivity (Wildman–Crippen MR) is 113 cm³/mol. The molecule has 0 bridgehead atoms. The number of hydrogen-bond acceptors (Lipinski definition) is 4. The highest BCUT2D eigenvalue weighted by molar-refractivity contribution is 9.10. The highest BCUT2D eigenvalue weighted by Gasteiger charge is 2.35. The molecule has 0 saturated carbocycles. The van der Waals surface area contributed by atoms with Crippen molar-refractivity contribution in [3.05, 3.63) is 58.1 Å². The lowest BCUT2D eigenvalue weighted by Gasteiger charge is -2.23. The van der Waals surface area contributed by atoms with Crippen molar-refractivity contribution in [2.24, 2.45) is 0 Å². The van der Waals surface area contributed by atoms with Crippen LogP contribution < -0.4 is 4.90 Å². The van der Waals surface area contributed by atoms with Crippen molar-refractivity contribution in [2.75, 3.05) is 23.7 Å². The largest absolute Gasteiger partial charge is 0.311 e. The summed E-state index contributed by atoms with van der Waals surface area (Å²) in [5, 5.41) is 0. The molecule has 2 aromatic carbocycles. The summed E-state index contributed by atoms with van der Waals surface area (Å²) in [6.45, 7) is 0.948. The summed E-state index contributed by atoms with van der Waals surface area (Å²) in [6.07, 6.45) is 1.70. The van der Waals surface area contributed by atoms with Gasteiger partial charge in [0.2, 0.25) is 5.91 Å². The average Bonchev–Trinajstić information content (AvgIpc) is 2.85. The molecule has 0 saturated heterocycles. The average molecular weight is 459 g/mol. The molecular weight excluding hydrogens is 440 g/mol. The van der Waals surface area contributed by atoms with E-state index in [1.807, 2.05) is 29.2 Å². The van der Waals surface area contributed by atoms with Gasteiger partial charge in [-0.15, -0.1) is 11.8 Å². The number of carbonyl (C=O) groups excluding carboxylic acids is 3. The highest BCUT2D eigenvalue weighted by Crippen LogP contribution is 2.34. The van der Waals surface area contributed by atoms with Crippen molar-refractivity contribution in [1.29, 1.82) is 0 Å². The molecule has 28 heavy (non-hydrogen) atoms. The molecule has 2 aliphatic heterocycles. The molecule has 0 spiro atoms. The fraction of sp³-hybridized carbons (Fsp3) is 0.286. The van der Waals surface area contributed by atoms with E-state index in [0.29, 0.717) is 30.5 Å². The molecule has 144 valence electrons. The Morgan fingerprint density at radius 1 is 1.07 bits per heavy atom. The Labute approximate surface area is 176 Å². The van der Waals surface area contributed by atoms with Crippen molar-refractivity contribution >= 4 is 51.1 Å². The van der Waals surface area contributed by atoms with Gasteiger partial charge in [-0.05, 0) is 48.9 Å². The zero-order valence-corrected chi connectivity index (χ0v) is 17.6. The topological polar surface area (TPSA) is 57.7 Å². The minimum Gasteiger partial charge on any atom is -0.311 e. The molecule has 0 radical (unpaired) electrons. The Morgan fingerprint density at radius 3 is 2.71 bits per heavy atom. The van der Waals surface area contributed by atoms with E-state index in [-0.39, 0.29) is 24.3 Å². The number of amides is 3. The number of halogens is 1. The molecule has 0 atom stereocenters. The van der Waals surface area contributed by atoms with Crippen molar-refractivity contribution in [3.63, 3.8) is 0 Å². The maximum atomic E-state index is 12.8. The lowest BCUT2D eigenvalue weighted by molar-refractivity contribution is -0.118. The molecule has 0 unspecified atom stereocenters. The number of fused-ring (bicyclic) bond motifs is 2. The van der Waals surface area contributed by atoms with Crippen LogP contribution in [0.4, 0.5) is 5.69 Å². The van der Waals surface area contributed by atoms with Crippen molar-refractivity contribution < 1.29 is 14.4 Å². The summed E-state index contributed by atoms with van der Waals surface area (Å²) >= 11 is 5.11. The van der Waals surface area contributed by atoms with Crippen LogP contribution in [0.1, 0.15) is 40.0 Å². The van der Waals surface area contributed by atoms with Crippen LogP contribution >= 0.6 is 27.7 Å². The summed E-state index contributed by atoms with van der Waals surface area (Å²) < 4.78 is 0.766. The van der Waals surface area contributed by atoms with E-state index in [1.54, 1.807) is 30.0 Å². The number of carbonyl (C=O) groups is 3. The fourth-order valence-corrected chi connectivity index (χ4v) is 4.93. The molecule has 3 amide bonds. The first-order valence-corrected chi connectivity index (χ1v) is 11.0. The molecule has 7 heteroatoms. The van der Waals surface area contributed by atoms with Crippen LogP contribution in [0, 0.1) is 0 Å². The third kappa shape index (κ3) is 3.61. The van der Waals surface area contributed by atoms with Crippen LogP contribution in [0.2, 0.25) is 0 Å². The van der Waals surface area contributed by atoms with Crippen LogP contribution in [-0.4, -0.2) is 41.5 Å². The van der Waals surface area contributed by atoms with Gasteiger partial charge in [0.15, 0.2) is 0 Å². The number of thioether (sulfide) groups is 1. The number of rotatable bonds is 4. The van der Waals surface area contributed by atoms with E-state index in [4.69, 9.17) is 0 Å². The van der Waals surface area contributed by atoms with Gasteiger partial charge in [-0.25, -0.2) is 0 Å². The van der Waals surface area contributed by atoms with E-state index in [2.05, 4.69) is 15.9 Å². The first-order chi connectivity index (χ1) is 13.6. The Balaban J connectivity index is 1.40. The van der Waals surface area contributed by atoms with Gasteiger partial charge in [-0.1, -0.05) is 28.1 Å². The fourth-order valence-electron chi connectivity index (χ4n) is 3.58. The number of anilines is 1. The minimum absolute atomic E-state index is 0.0364. The first kappa shape index (κ1) is 19.2. The number of benzene rings is 2. The maximum absolute atomic E-state index is 12.8. The van der Waals surface area contributed by atoms with E-state index in [0.717, 1.165) is 27.2 Å². The van der Waals surface area contributed by atoms with Crippen molar-refractivity contribution in [2.45, 2.75) is 24.2 Å². The molecule has 0 aromatic heterocycles. The Kier molecular flexibility index (Phi) is 5.55. The molecule has 4 rings (SSSR count). The van der Waals surface area contributed by atoms with Crippen LogP contribution in [0.5, 0.6) is 0 Å². The number of hydrogen-bond donors (Lipinski definition) is 0. The Bertz CT molecular complexity index is 962. The third-order valence-electron chi connectivity index (χ3n) is 4.95. The number of imide groups is 1. The predicted octanol–water partition coefficient (Wildman–Crippen LogP) is 4.35. The van der Waals surface area contributed by atoms with E-state index in [1.165, 1.54) is 4.90 Å². The van der Waals surface area contributed by atoms with Gasteiger partial charge in [0.1, 0.15) is 0 Å². The van der Waals surface area contributed by atoms with Crippen LogP contribution in [0.3, 0.4) is 0 Å². The quantitative estimate of drug-likeness (QED) is 0.638. The highest BCUT2D eigenvalue weighted by atomic mass is 79.9. The summed E-state index contributed by atoms with van der Waals surface area (Å²) in [5.41, 5.74) is 1.81. The normalized spacial score (nSPS) is 16.0. The minimum atomic E-state index is -0.287. The molecule has 5 nitrogen and oxygen atoms in total. The number of nitrogens with zero attached hydrogens (tertiary/aromatic N) is 2. The monoisotopic (exact) mass is 458 g/mol. The lowest BCUT2D eigenvalue weighted by atomic mass is 10.1. The number of para-hydroxylation sites is 1. The van der Waals surface area contributed by atoms with Gasteiger partial charge in [0.25, 0.3) is 11.8 Å². The second-order valence-electron chi connectivity index (χ2n) is 6.77. The van der Waals surface area contributed by atoms with Gasteiger partial charge in [-0.3, -0.25) is 19.3 Å². The van der Waals surface area contributed by atoms with E-state index >= 15 is 0 Å². The maximum Gasteiger partial charge on any atom is 0.261 e. The van der Waals surface area contributed by atoms with Gasteiger partial charge in [0.05, 0.1) is 16.8 Å². The van der Waals surface area contributed by atoms with Crippen LogP contribution in [-0.2, 0) is 4.79 Å². The van der Waals surface area contributed by atoms with Gasteiger partial charge >= 0.3 is 0 Å². The summed E-state index contributed by atoms with van der Waals surface area (Å²) in [7, 11) is 0. The SMILES string of the molecule is O=C1c2ccc(Br)cc2C(=O)N1CCCC(=O)N1CCCSc2ccccc21. The van der Waals surface area contributed by atoms with Gasteiger partial charge < -0.3 is 4.90 Å². The third-order valence-corrected chi connectivity index (χ3v) is 6.59. The summed E-state index contributed by atoms with van der Waals surface area (Å²) in [4.78, 5) is 42.1. The molecule has 0 aliphatic carbocycles. The Hall–Kier alpha value is -2.12. The van der Waals surface area contributed by atoms with E-state index in [9.17, 15) is 14.4 Å². The van der Waals surface area contributed by atoms with Gasteiger partial charge in [0, 0.05) is 28.9 Å². The standard InChI is InChI=1S/C21H19BrN2O3S/c22-14-8-9-15-16(13-14)21(27)24(20(15)26)10-3-7-19(25)23-11-4-12-28-18-6-2-1-5-17(18)23/h1-2,5-6,8-9,13H,3-4,7,10-12H2. The summed E-state index contributed by atoms with van der Waals surface area (Å²) in [6, 6.07) is 13.0. The second-order valence-corrected chi connectivity index (χ2v) is 8.82. The zero-order chi connectivity index (χ0) is 19.7. The smallest absolute Gasteiger partial charge is 0.261 e. The van der Waals surface area contributed by atoms with Crippen LogP contribution in [0.25, 0.3) is 0 Å². The molecule has 0 N–H and O–H groups in total. The van der Waals surface area contributed by atoms with Crippen molar-refractivity contribution in [3.8, 4) is 0 Å². The zero-order valence-electron chi connectivity index (χ0n) is 15.2.